The van der Waals surface area contributed by atoms with Crippen LogP contribution in [0, 0.1) is 0 Å². The van der Waals surface area contributed by atoms with Gasteiger partial charge in [-0.1, -0.05) is 18.2 Å². The van der Waals surface area contributed by atoms with E-state index < -0.39 is 0 Å². The van der Waals surface area contributed by atoms with Gasteiger partial charge in [0, 0.05) is 31.9 Å². The van der Waals surface area contributed by atoms with Crippen LogP contribution in [0.3, 0.4) is 0 Å². The Hall–Kier alpha value is -1.55. The van der Waals surface area contributed by atoms with E-state index in [4.69, 9.17) is 4.74 Å². The highest BCUT2D eigenvalue weighted by Gasteiger charge is 2.31. The number of carbonyl (C=O) groups is 1. The van der Waals surface area contributed by atoms with Crippen LogP contribution in [-0.4, -0.2) is 43.2 Å². The molecule has 1 aromatic carbocycles. The van der Waals surface area contributed by atoms with E-state index >= 15 is 0 Å². The van der Waals surface area contributed by atoms with Gasteiger partial charge in [-0.05, 0) is 31.4 Å². The molecule has 1 fully saturated rings. The largest absolute Gasteiger partial charge is 0.385 e. The number of nitrogens with zero attached hydrogens (tertiary/aromatic N) is 1. The van der Waals surface area contributed by atoms with Gasteiger partial charge in [0.05, 0.1) is 12.0 Å². The fraction of sp³-hybridized carbons (Fsp3) is 0.562. The number of anilines is 1. The molecule has 1 saturated heterocycles. The van der Waals surface area contributed by atoms with E-state index in [1.54, 1.807) is 0 Å². The third-order valence-corrected chi connectivity index (χ3v) is 4.15. The molecule has 2 atom stereocenters. The lowest BCUT2D eigenvalue weighted by atomic mass is 9.89. The Bertz CT molecular complexity index is 489. The Morgan fingerprint density at radius 2 is 2.25 bits per heavy atom. The zero-order chi connectivity index (χ0) is 13.9. The topological polar surface area (TPSA) is 41.6 Å². The Labute approximate surface area is 120 Å². The molecule has 0 aliphatic carbocycles. The standard InChI is InChI=1S/C16H22N2O2/c1-12-11-18(9-4-10-20-12)16(19)14-7-8-17-15-6-3-2-5-13(14)15/h2-3,5-6,12,14,17H,4,7-11H2,1H3. The molecule has 0 bridgehead atoms. The maximum Gasteiger partial charge on any atom is 0.230 e. The van der Waals surface area contributed by atoms with Crippen molar-refractivity contribution in [1.82, 2.24) is 4.90 Å². The van der Waals surface area contributed by atoms with Crippen LogP contribution < -0.4 is 5.32 Å². The Balaban J connectivity index is 1.80. The summed E-state index contributed by atoms with van der Waals surface area (Å²) in [5, 5.41) is 3.38. The van der Waals surface area contributed by atoms with Crippen LogP contribution in [-0.2, 0) is 9.53 Å². The van der Waals surface area contributed by atoms with Crippen molar-refractivity contribution in [2.24, 2.45) is 0 Å². The van der Waals surface area contributed by atoms with Crippen molar-refractivity contribution in [3.63, 3.8) is 0 Å². The second kappa shape index (κ2) is 5.83. The van der Waals surface area contributed by atoms with Gasteiger partial charge in [0.2, 0.25) is 5.91 Å². The smallest absolute Gasteiger partial charge is 0.230 e. The third kappa shape index (κ3) is 2.66. The average molecular weight is 274 g/mol. The number of amides is 1. The Morgan fingerprint density at radius 3 is 3.15 bits per heavy atom. The minimum absolute atomic E-state index is 0.00208. The number of ether oxygens (including phenoxy) is 1. The number of rotatable bonds is 1. The summed E-state index contributed by atoms with van der Waals surface area (Å²) in [6.45, 7) is 5.20. The van der Waals surface area contributed by atoms with Gasteiger partial charge in [-0.2, -0.15) is 0 Å². The van der Waals surface area contributed by atoms with E-state index in [0.717, 1.165) is 43.8 Å². The molecule has 2 unspecified atom stereocenters. The van der Waals surface area contributed by atoms with E-state index in [1.165, 1.54) is 0 Å². The number of para-hydroxylation sites is 1. The molecule has 1 amide bonds. The quantitative estimate of drug-likeness (QED) is 0.854. The Morgan fingerprint density at radius 1 is 1.40 bits per heavy atom. The van der Waals surface area contributed by atoms with Crippen LogP contribution in [0.5, 0.6) is 0 Å². The average Bonchev–Trinajstić information content (AvgIpc) is 2.70. The summed E-state index contributed by atoms with van der Waals surface area (Å²) >= 11 is 0. The molecule has 108 valence electrons. The molecule has 4 nitrogen and oxygen atoms in total. The predicted octanol–water partition coefficient (Wildman–Crippen LogP) is 2.22. The molecule has 1 N–H and O–H groups in total. The molecule has 1 aromatic rings. The fourth-order valence-electron chi connectivity index (χ4n) is 3.14. The van der Waals surface area contributed by atoms with Gasteiger partial charge in [-0.25, -0.2) is 0 Å². The number of hydrogen-bond donors (Lipinski definition) is 1. The first-order valence-electron chi connectivity index (χ1n) is 7.49. The van der Waals surface area contributed by atoms with Crippen molar-refractivity contribution in [1.29, 1.82) is 0 Å². The number of carbonyl (C=O) groups excluding carboxylic acids is 1. The Kier molecular flexibility index (Phi) is 3.92. The van der Waals surface area contributed by atoms with Gasteiger partial charge in [-0.3, -0.25) is 4.79 Å². The molecule has 0 aromatic heterocycles. The summed E-state index contributed by atoms with van der Waals surface area (Å²) < 4.78 is 5.63. The lowest BCUT2D eigenvalue weighted by Crippen LogP contribution is -2.40. The molecule has 2 aliphatic rings. The minimum Gasteiger partial charge on any atom is -0.385 e. The monoisotopic (exact) mass is 274 g/mol. The normalized spacial score (nSPS) is 26.4. The molecular weight excluding hydrogens is 252 g/mol. The maximum absolute atomic E-state index is 12.9. The first-order chi connectivity index (χ1) is 9.75. The predicted molar refractivity (Wildman–Crippen MR) is 78.9 cm³/mol. The summed E-state index contributed by atoms with van der Waals surface area (Å²) in [6, 6.07) is 8.16. The van der Waals surface area contributed by atoms with Crippen molar-refractivity contribution < 1.29 is 9.53 Å². The van der Waals surface area contributed by atoms with E-state index in [0.29, 0.717) is 6.54 Å². The molecule has 2 aliphatic heterocycles. The first kappa shape index (κ1) is 13.4. The van der Waals surface area contributed by atoms with Crippen LogP contribution in [0.15, 0.2) is 24.3 Å². The van der Waals surface area contributed by atoms with Gasteiger partial charge in [0.15, 0.2) is 0 Å². The summed E-state index contributed by atoms with van der Waals surface area (Å²) in [7, 11) is 0. The molecule has 0 radical (unpaired) electrons. The molecule has 0 saturated carbocycles. The lowest BCUT2D eigenvalue weighted by molar-refractivity contribution is -0.133. The first-order valence-corrected chi connectivity index (χ1v) is 7.49. The van der Waals surface area contributed by atoms with Crippen molar-refractivity contribution in [3.05, 3.63) is 29.8 Å². The van der Waals surface area contributed by atoms with E-state index in [2.05, 4.69) is 17.4 Å². The second-order valence-electron chi connectivity index (χ2n) is 5.67. The third-order valence-electron chi connectivity index (χ3n) is 4.15. The van der Waals surface area contributed by atoms with Crippen LogP contribution in [0.4, 0.5) is 5.69 Å². The summed E-state index contributed by atoms with van der Waals surface area (Å²) in [5.74, 6) is 0.258. The summed E-state index contributed by atoms with van der Waals surface area (Å²) in [4.78, 5) is 14.8. The highest BCUT2D eigenvalue weighted by atomic mass is 16.5. The van der Waals surface area contributed by atoms with Crippen LogP contribution in [0.1, 0.15) is 31.2 Å². The highest BCUT2D eigenvalue weighted by molar-refractivity contribution is 5.86. The lowest BCUT2D eigenvalue weighted by Gasteiger charge is -2.31. The number of hydrogen-bond acceptors (Lipinski definition) is 3. The summed E-state index contributed by atoms with van der Waals surface area (Å²) in [5.41, 5.74) is 2.25. The van der Waals surface area contributed by atoms with Crippen molar-refractivity contribution in [2.75, 3.05) is 31.6 Å². The van der Waals surface area contributed by atoms with E-state index in [9.17, 15) is 4.79 Å². The SMILES string of the molecule is CC1CN(C(=O)C2CCNc3ccccc32)CCCO1. The van der Waals surface area contributed by atoms with Gasteiger partial charge < -0.3 is 15.0 Å². The van der Waals surface area contributed by atoms with E-state index in [1.807, 2.05) is 24.0 Å². The maximum atomic E-state index is 12.9. The van der Waals surface area contributed by atoms with Crippen molar-refractivity contribution >= 4 is 11.6 Å². The van der Waals surface area contributed by atoms with E-state index in [-0.39, 0.29) is 17.9 Å². The molecular formula is C16H22N2O2. The van der Waals surface area contributed by atoms with Gasteiger partial charge in [0.1, 0.15) is 0 Å². The number of nitrogens with one attached hydrogen (secondary N) is 1. The molecule has 20 heavy (non-hydrogen) atoms. The zero-order valence-electron chi connectivity index (χ0n) is 12.0. The van der Waals surface area contributed by atoms with Gasteiger partial charge in [-0.15, -0.1) is 0 Å². The van der Waals surface area contributed by atoms with Crippen LogP contribution in [0.25, 0.3) is 0 Å². The van der Waals surface area contributed by atoms with Crippen LogP contribution >= 0.6 is 0 Å². The molecule has 0 spiro atoms. The van der Waals surface area contributed by atoms with Crippen molar-refractivity contribution in [2.45, 2.75) is 31.8 Å². The molecule has 2 heterocycles. The van der Waals surface area contributed by atoms with Crippen LogP contribution in [0.2, 0.25) is 0 Å². The van der Waals surface area contributed by atoms with Crippen molar-refractivity contribution in [3.8, 4) is 0 Å². The minimum atomic E-state index is -0.00208. The van der Waals surface area contributed by atoms with Gasteiger partial charge >= 0.3 is 0 Å². The molecule has 4 heteroatoms. The second-order valence-corrected chi connectivity index (χ2v) is 5.67. The highest BCUT2D eigenvalue weighted by Crippen LogP contribution is 2.33. The fourth-order valence-corrected chi connectivity index (χ4v) is 3.14. The van der Waals surface area contributed by atoms with Gasteiger partial charge in [0.25, 0.3) is 0 Å². The summed E-state index contributed by atoms with van der Waals surface area (Å²) in [6.07, 6.45) is 1.95. The number of fused-ring (bicyclic) bond motifs is 1. The zero-order valence-corrected chi connectivity index (χ0v) is 12.0. The molecule has 3 rings (SSSR count). The number of benzene rings is 1.